The van der Waals surface area contributed by atoms with Crippen LogP contribution in [0.1, 0.15) is 24.7 Å². The number of carbonyl (C=O) groups is 1. The van der Waals surface area contributed by atoms with Gasteiger partial charge in [-0.15, -0.1) is 0 Å². The second-order valence-electron chi connectivity index (χ2n) is 5.01. The Kier molecular flexibility index (Phi) is 4.57. The van der Waals surface area contributed by atoms with Crippen LogP contribution in [0.3, 0.4) is 0 Å². The molecule has 0 atom stereocenters. The number of furan rings is 1. The minimum absolute atomic E-state index is 0.299. The maximum Gasteiger partial charge on any atom is 0.363 e. The van der Waals surface area contributed by atoms with Crippen LogP contribution in [0.25, 0.3) is 6.08 Å². The lowest BCUT2D eigenvalue weighted by atomic mass is 10.2. The fraction of sp³-hybridized carbons (Fsp3) is 0.222. The van der Waals surface area contributed by atoms with E-state index in [9.17, 15) is 4.79 Å². The second kappa shape index (κ2) is 6.96. The fourth-order valence-corrected chi connectivity index (χ4v) is 2.26. The summed E-state index contributed by atoms with van der Waals surface area (Å²) < 4.78 is 15.9. The summed E-state index contributed by atoms with van der Waals surface area (Å²) in [4.78, 5) is 16.2. The molecule has 1 aromatic carbocycles. The van der Waals surface area contributed by atoms with Crippen molar-refractivity contribution < 1.29 is 18.7 Å². The van der Waals surface area contributed by atoms with Crippen molar-refractivity contribution in [3.8, 4) is 5.75 Å². The fourth-order valence-electron chi connectivity index (χ4n) is 2.26. The molecule has 3 rings (SSSR count). The van der Waals surface area contributed by atoms with Crippen molar-refractivity contribution in [1.29, 1.82) is 0 Å². The Hall–Kier alpha value is -2.82. The summed E-state index contributed by atoms with van der Waals surface area (Å²) >= 11 is 0. The summed E-state index contributed by atoms with van der Waals surface area (Å²) in [6, 6.07) is 11.2. The van der Waals surface area contributed by atoms with Crippen molar-refractivity contribution in [1.82, 2.24) is 0 Å². The molecule has 1 aliphatic heterocycles. The molecule has 0 bridgehead atoms. The first-order chi connectivity index (χ1) is 11.2. The number of nitrogens with zero attached hydrogens (tertiary/aromatic N) is 1. The number of cyclic esters (lactones) is 1. The Morgan fingerprint density at radius 2 is 2.13 bits per heavy atom. The van der Waals surface area contributed by atoms with Crippen LogP contribution < -0.4 is 4.74 Å². The maximum atomic E-state index is 11.9. The molecule has 0 amide bonds. The van der Waals surface area contributed by atoms with E-state index < -0.39 is 5.97 Å². The van der Waals surface area contributed by atoms with Gasteiger partial charge in [-0.1, -0.05) is 12.1 Å². The Labute approximate surface area is 134 Å². The van der Waals surface area contributed by atoms with Gasteiger partial charge in [-0.2, -0.15) is 0 Å². The van der Waals surface area contributed by atoms with Gasteiger partial charge < -0.3 is 13.9 Å². The molecule has 0 radical (unpaired) electrons. The van der Waals surface area contributed by atoms with Crippen LogP contribution in [0.4, 0.5) is 0 Å². The lowest BCUT2D eigenvalue weighted by Crippen LogP contribution is -2.04. The lowest BCUT2D eigenvalue weighted by molar-refractivity contribution is -0.130. The zero-order chi connectivity index (χ0) is 16.1. The molecule has 1 aromatic heterocycles. The van der Waals surface area contributed by atoms with Crippen molar-refractivity contribution in [3.63, 3.8) is 0 Å². The first kappa shape index (κ1) is 15.1. The van der Waals surface area contributed by atoms with Gasteiger partial charge in [0.15, 0.2) is 11.6 Å². The highest BCUT2D eigenvalue weighted by Crippen LogP contribution is 2.20. The van der Waals surface area contributed by atoms with Crippen LogP contribution in [-0.2, 0) is 16.0 Å². The summed E-state index contributed by atoms with van der Waals surface area (Å²) in [7, 11) is 0. The Bertz CT molecular complexity index is 744. The average molecular weight is 311 g/mol. The number of ether oxygens (including phenoxy) is 2. The van der Waals surface area contributed by atoms with Gasteiger partial charge in [0.05, 0.1) is 12.9 Å². The summed E-state index contributed by atoms with van der Waals surface area (Å²) in [6.07, 6.45) is 4.49. The van der Waals surface area contributed by atoms with Crippen LogP contribution in [0.5, 0.6) is 5.75 Å². The van der Waals surface area contributed by atoms with Crippen LogP contribution >= 0.6 is 0 Å². The van der Waals surface area contributed by atoms with Crippen molar-refractivity contribution in [2.45, 2.75) is 19.8 Å². The topological polar surface area (TPSA) is 61.0 Å². The molecule has 118 valence electrons. The smallest absolute Gasteiger partial charge is 0.363 e. The Morgan fingerprint density at radius 1 is 1.22 bits per heavy atom. The van der Waals surface area contributed by atoms with E-state index in [0.29, 0.717) is 31.0 Å². The molecular formula is C18H17NO4. The Morgan fingerprint density at radius 3 is 2.91 bits per heavy atom. The molecule has 5 nitrogen and oxygen atoms in total. The van der Waals surface area contributed by atoms with Crippen molar-refractivity contribution in [2.24, 2.45) is 4.99 Å². The SMILES string of the molecule is CCOc1cccc(/C=C2/N=C(CCc3ccco3)OC2=O)c1. The molecule has 0 fully saturated rings. The molecule has 23 heavy (non-hydrogen) atoms. The standard InChI is InChI=1S/C18H17NO4/c1-2-21-15-6-3-5-13(11-15)12-16-18(20)23-17(19-16)9-8-14-7-4-10-22-14/h3-7,10-12H,2,8-9H2,1H3/b16-12+. The van der Waals surface area contributed by atoms with E-state index in [1.165, 1.54) is 0 Å². The summed E-state index contributed by atoms with van der Waals surface area (Å²) in [5.74, 6) is 1.58. The van der Waals surface area contributed by atoms with Gasteiger partial charge in [0.1, 0.15) is 11.5 Å². The highest BCUT2D eigenvalue weighted by atomic mass is 16.6. The first-order valence-electron chi connectivity index (χ1n) is 7.51. The van der Waals surface area contributed by atoms with Crippen molar-refractivity contribution in [2.75, 3.05) is 6.61 Å². The summed E-state index contributed by atoms with van der Waals surface area (Å²) in [5.41, 5.74) is 1.15. The normalized spacial score (nSPS) is 15.6. The number of hydrogen-bond donors (Lipinski definition) is 0. The summed E-state index contributed by atoms with van der Waals surface area (Å²) in [6.45, 7) is 2.52. The van der Waals surface area contributed by atoms with Crippen LogP contribution in [0.15, 0.2) is 57.8 Å². The van der Waals surface area contributed by atoms with Gasteiger partial charge >= 0.3 is 5.97 Å². The van der Waals surface area contributed by atoms with Gasteiger partial charge in [0, 0.05) is 12.8 Å². The molecule has 0 saturated heterocycles. The van der Waals surface area contributed by atoms with Gasteiger partial charge in [-0.3, -0.25) is 0 Å². The summed E-state index contributed by atoms with van der Waals surface area (Å²) in [5, 5.41) is 0. The molecule has 0 aliphatic carbocycles. The van der Waals surface area contributed by atoms with Crippen LogP contribution in [-0.4, -0.2) is 18.5 Å². The van der Waals surface area contributed by atoms with E-state index in [4.69, 9.17) is 13.9 Å². The van der Waals surface area contributed by atoms with E-state index in [1.54, 1.807) is 12.3 Å². The van der Waals surface area contributed by atoms with Gasteiger partial charge in [-0.05, 0) is 42.8 Å². The van der Waals surface area contributed by atoms with Crippen LogP contribution in [0.2, 0.25) is 0 Å². The molecule has 2 heterocycles. The predicted octanol–water partition coefficient (Wildman–Crippen LogP) is 3.61. The maximum absolute atomic E-state index is 11.9. The average Bonchev–Trinajstić information content (AvgIpc) is 3.16. The third kappa shape index (κ3) is 3.88. The first-order valence-corrected chi connectivity index (χ1v) is 7.51. The van der Waals surface area contributed by atoms with E-state index >= 15 is 0 Å². The zero-order valence-electron chi connectivity index (χ0n) is 12.8. The molecule has 5 heteroatoms. The van der Waals surface area contributed by atoms with Crippen LogP contribution in [0, 0.1) is 0 Å². The van der Waals surface area contributed by atoms with E-state index in [-0.39, 0.29) is 0 Å². The second-order valence-corrected chi connectivity index (χ2v) is 5.01. The lowest BCUT2D eigenvalue weighted by Gasteiger charge is -2.03. The highest BCUT2D eigenvalue weighted by molar-refractivity contribution is 6.07. The number of benzene rings is 1. The molecule has 0 unspecified atom stereocenters. The Balaban J connectivity index is 1.71. The third-order valence-corrected chi connectivity index (χ3v) is 3.30. The molecule has 2 aromatic rings. The third-order valence-electron chi connectivity index (χ3n) is 3.30. The predicted molar refractivity (Wildman–Crippen MR) is 86.1 cm³/mol. The molecular weight excluding hydrogens is 294 g/mol. The largest absolute Gasteiger partial charge is 0.494 e. The molecule has 0 saturated carbocycles. The number of esters is 1. The minimum Gasteiger partial charge on any atom is -0.494 e. The molecule has 1 aliphatic rings. The number of aryl methyl sites for hydroxylation is 1. The van der Waals surface area contributed by atoms with E-state index in [0.717, 1.165) is 17.1 Å². The van der Waals surface area contributed by atoms with E-state index in [2.05, 4.69) is 4.99 Å². The van der Waals surface area contributed by atoms with Gasteiger partial charge in [-0.25, -0.2) is 9.79 Å². The minimum atomic E-state index is -0.429. The zero-order valence-corrected chi connectivity index (χ0v) is 12.8. The number of aliphatic imine (C=N–C) groups is 1. The van der Waals surface area contributed by atoms with Crippen molar-refractivity contribution in [3.05, 3.63) is 59.7 Å². The molecule has 0 spiro atoms. The van der Waals surface area contributed by atoms with Crippen molar-refractivity contribution >= 4 is 17.9 Å². The monoisotopic (exact) mass is 311 g/mol. The molecule has 0 N–H and O–H groups in total. The number of rotatable bonds is 6. The highest BCUT2D eigenvalue weighted by Gasteiger charge is 2.22. The van der Waals surface area contributed by atoms with E-state index in [1.807, 2.05) is 43.3 Å². The van der Waals surface area contributed by atoms with Gasteiger partial charge in [0.25, 0.3) is 0 Å². The van der Waals surface area contributed by atoms with Gasteiger partial charge in [0.2, 0.25) is 0 Å². The number of carbonyl (C=O) groups excluding carboxylic acids is 1. The number of hydrogen-bond acceptors (Lipinski definition) is 5. The quantitative estimate of drug-likeness (QED) is 0.604.